The van der Waals surface area contributed by atoms with E-state index < -0.39 is 0 Å². The van der Waals surface area contributed by atoms with E-state index in [2.05, 4.69) is 15.1 Å². The zero-order chi connectivity index (χ0) is 18.1. The van der Waals surface area contributed by atoms with Gasteiger partial charge in [-0.25, -0.2) is 9.36 Å². The van der Waals surface area contributed by atoms with Crippen molar-refractivity contribution < 1.29 is 4.79 Å². The van der Waals surface area contributed by atoms with Crippen LogP contribution in [0.1, 0.15) is 48.2 Å². The Kier molecular flexibility index (Phi) is 4.80. The molecular formula is C19H28N6O. The molecule has 0 aromatic carbocycles. The number of aryl methyl sites for hydroxylation is 2. The Bertz CT molecular complexity index is 759. The molecule has 2 fully saturated rings. The van der Waals surface area contributed by atoms with Crippen LogP contribution in [0.4, 0.5) is 0 Å². The zero-order valence-electron chi connectivity index (χ0n) is 15.8. The molecule has 1 amide bonds. The second-order valence-electron chi connectivity index (χ2n) is 7.48. The lowest BCUT2D eigenvalue weighted by Gasteiger charge is -2.26. The molecule has 0 saturated carbocycles. The van der Waals surface area contributed by atoms with Crippen LogP contribution < -0.4 is 0 Å². The van der Waals surface area contributed by atoms with Crippen molar-refractivity contribution in [2.45, 2.75) is 45.1 Å². The fraction of sp³-hybridized carbons (Fsp3) is 0.632. The summed E-state index contributed by atoms with van der Waals surface area (Å²) in [5.41, 5.74) is 1.44. The molecule has 1 atom stereocenters. The molecule has 0 radical (unpaired) electrons. The lowest BCUT2D eigenvalue weighted by Crippen LogP contribution is -2.36. The second kappa shape index (κ2) is 7.23. The maximum Gasteiger partial charge on any atom is 0.259 e. The molecule has 4 heterocycles. The van der Waals surface area contributed by atoms with Gasteiger partial charge in [0.15, 0.2) is 5.82 Å². The fourth-order valence-corrected chi connectivity index (χ4v) is 4.47. The standard InChI is InChI=1S/C19H28N6O/c1-15-17(18(22(2)21-15)25-13-6-9-20-25)19(26)24-12-5-7-16(8-14-24)23-10-3-4-11-23/h6,9,13,16H,3-5,7-8,10-12,14H2,1-2H3. The molecule has 7 nitrogen and oxygen atoms in total. The monoisotopic (exact) mass is 356 g/mol. The minimum atomic E-state index is 0.0863. The molecule has 0 spiro atoms. The van der Waals surface area contributed by atoms with Crippen LogP contribution in [-0.2, 0) is 7.05 Å². The van der Waals surface area contributed by atoms with E-state index in [-0.39, 0.29) is 5.91 Å². The number of hydrogen-bond acceptors (Lipinski definition) is 4. The molecule has 140 valence electrons. The van der Waals surface area contributed by atoms with Gasteiger partial charge in [-0.2, -0.15) is 10.2 Å². The topological polar surface area (TPSA) is 59.2 Å². The number of amides is 1. The Morgan fingerprint density at radius 3 is 2.65 bits per heavy atom. The summed E-state index contributed by atoms with van der Waals surface area (Å²) in [5.74, 6) is 0.834. The van der Waals surface area contributed by atoms with Crippen LogP contribution in [0.5, 0.6) is 0 Å². The molecule has 2 aromatic rings. The lowest BCUT2D eigenvalue weighted by atomic mass is 10.1. The highest BCUT2D eigenvalue weighted by Gasteiger charge is 2.30. The third kappa shape index (κ3) is 3.16. The SMILES string of the molecule is Cc1nn(C)c(-n2cccn2)c1C(=O)N1CCCC(N2CCCC2)CC1. The van der Waals surface area contributed by atoms with Gasteiger partial charge in [0.25, 0.3) is 5.91 Å². The van der Waals surface area contributed by atoms with Crippen LogP contribution in [0, 0.1) is 6.92 Å². The van der Waals surface area contributed by atoms with E-state index in [4.69, 9.17) is 0 Å². The third-order valence-corrected chi connectivity index (χ3v) is 5.77. The molecule has 7 heteroatoms. The van der Waals surface area contributed by atoms with Crippen molar-refractivity contribution in [3.05, 3.63) is 29.7 Å². The summed E-state index contributed by atoms with van der Waals surface area (Å²) in [6, 6.07) is 2.50. The van der Waals surface area contributed by atoms with Gasteiger partial charge in [0, 0.05) is 38.6 Å². The number of carbonyl (C=O) groups excluding carboxylic acids is 1. The van der Waals surface area contributed by atoms with Crippen LogP contribution in [-0.4, -0.2) is 67.5 Å². The quantitative estimate of drug-likeness (QED) is 0.844. The second-order valence-corrected chi connectivity index (χ2v) is 7.48. The number of nitrogens with zero attached hydrogens (tertiary/aromatic N) is 6. The average Bonchev–Trinajstić information content (AvgIpc) is 3.34. The summed E-state index contributed by atoms with van der Waals surface area (Å²) in [7, 11) is 1.87. The van der Waals surface area contributed by atoms with Gasteiger partial charge >= 0.3 is 0 Å². The summed E-state index contributed by atoms with van der Waals surface area (Å²) in [6.45, 7) is 6.02. The van der Waals surface area contributed by atoms with Gasteiger partial charge in [-0.15, -0.1) is 0 Å². The van der Waals surface area contributed by atoms with Gasteiger partial charge in [0.05, 0.1) is 5.69 Å². The molecule has 2 aliphatic heterocycles. The molecule has 0 aliphatic carbocycles. The van der Waals surface area contributed by atoms with Crippen molar-refractivity contribution in [3.8, 4) is 5.82 Å². The average molecular weight is 356 g/mol. The molecular weight excluding hydrogens is 328 g/mol. The van der Waals surface area contributed by atoms with Crippen LogP contribution in [0.25, 0.3) is 5.82 Å². The Labute approximate surface area is 154 Å². The summed E-state index contributed by atoms with van der Waals surface area (Å²) in [6.07, 6.45) is 9.57. The van der Waals surface area contributed by atoms with Crippen LogP contribution in [0.2, 0.25) is 0 Å². The molecule has 4 rings (SSSR count). The molecule has 2 aliphatic rings. The van der Waals surface area contributed by atoms with Gasteiger partial charge in [0.1, 0.15) is 5.56 Å². The minimum Gasteiger partial charge on any atom is -0.338 e. The van der Waals surface area contributed by atoms with Crippen molar-refractivity contribution in [1.29, 1.82) is 0 Å². The number of rotatable bonds is 3. The smallest absolute Gasteiger partial charge is 0.259 e. The van der Waals surface area contributed by atoms with Crippen LogP contribution >= 0.6 is 0 Å². The maximum atomic E-state index is 13.3. The van der Waals surface area contributed by atoms with E-state index in [1.807, 2.05) is 31.1 Å². The molecule has 2 aromatic heterocycles. The van der Waals surface area contributed by atoms with E-state index in [0.717, 1.165) is 37.4 Å². The largest absolute Gasteiger partial charge is 0.338 e. The Hall–Kier alpha value is -2.15. The first kappa shape index (κ1) is 17.3. The number of aromatic nitrogens is 4. The van der Waals surface area contributed by atoms with Gasteiger partial charge in [-0.3, -0.25) is 4.79 Å². The number of likely N-dealkylation sites (tertiary alicyclic amines) is 2. The van der Waals surface area contributed by atoms with Crippen molar-refractivity contribution >= 4 is 5.91 Å². The number of carbonyl (C=O) groups is 1. The minimum absolute atomic E-state index is 0.0863. The summed E-state index contributed by atoms with van der Waals surface area (Å²) >= 11 is 0. The summed E-state index contributed by atoms with van der Waals surface area (Å²) in [4.78, 5) is 18.0. The van der Waals surface area contributed by atoms with E-state index in [1.165, 1.54) is 32.4 Å². The number of hydrogen-bond donors (Lipinski definition) is 0. The van der Waals surface area contributed by atoms with Gasteiger partial charge < -0.3 is 9.80 Å². The molecule has 0 N–H and O–H groups in total. The van der Waals surface area contributed by atoms with E-state index >= 15 is 0 Å². The van der Waals surface area contributed by atoms with Crippen molar-refractivity contribution in [2.24, 2.45) is 7.05 Å². The third-order valence-electron chi connectivity index (χ3n) is 5.77. The molecule has 0 bridgehead atoms. The normalized spacial score (nSPS) is 21.9. The van der Waals surface area contributed by atoms with Gasteiger partial charge in [-0.1, -0.05) is 0 Å². The Balaban J connectivity index is 1.55. The molecule has 2 saturated heterocycles. The Morgan fingerprint density at radius 2 is 1.92 bits per heavy atom. The van der Waals surface area contributed by atoms with E-state index in [0.29, 0.717) is 11.6 Å². The maximum absolute atomic E-state index is 13.3. The van der Waals surface area contributed by atoms with E-state index in [1.54, 1.807) is 15.6 Å². The zero-order valence-corrected chi connectivity index (χ0v) is 15.8. The highest BCUT2D eigenvalue weighted by Crippen LogP contribution is 2.24. The predicted molar refractivity (Wildman–Crippen MR) is 99.4 cm³/mol. The van der Waals surface area contributed by atoms with E-state index in [9.17, 15) is 4.79 Å². The van der Waals surface area contributed by atoms with Crippen LogP contribution in [0.3, 0.4) is 0 Å². The molecule has 1 unspecified atom stereocenters. The molecule has 26 heavy (non-hydrogen) atoms. The van der Waals surface area contributed by atoms with Crippen molar-refractivity contribution in [2.75, 3.05) is 26.2 Å². The highest BCUT2D eigenvalue weighted by molar-refractivity contribution is 5.98. The Morgan fingerprint density at radius 1 is 1.12 bits per heavy atom. The highest BCUT2D eigenvalue weighted by atomic mass is 16.2. The van der Waals surface area contributed by atoms with Gasteiger partial charge in [-0.05, 0) is 58.2 Å². The van der Waals surface area contributed by atoms with Crippen molar-refractivity contribution in [3.63, 3.8) is 0 Å². The lowest BCUT2D eigenvalue weighted by molar-refractivity contribution is 0.0756. The predicted octanol–water partition coefficient (Wildman–Crippen LogP) is 2.00. The first-order valence-corrected chi connectivity index (χ1v) is 9.72. The summed E-state index contributed by atoms with van der Waals surface area (Å²) < 4.78 is 3.48. The van der Waals surface area contributed by atoms with Crippen molar-refractivity contribution in [1.82, 2.24) is 29.4 Å². The first-order valence-electron chi connectivity index (χ1n) is 9.72. The van der Waals surface area contributed by atoms with Gasteiger partial charge in [0.2, 0.25) is 0 Å². The summed E-state index contributed by atoms with van der Waals surface area (Å²) in [5, 5.41) is 8.79. The van der Waals surface area contributed by atoms with Crippen LogP contribution in [0.15, 0.2) is 18.5 Å². The first-order chi connectivity index (χ1) is 12.6. The fourth-order valence-electron chi connectivity index (χ4n) is 4.47.